The van der Waals surface area contributed by atoms with Gasteiger partial charge in [-0.15, -0.1) is 0 Å². The molecule has 0 fully saturated rings. The van der Waals surface area contributed by atoms with Gasteiger partial charge in [-0.05, 0) is 19.8 Å². The molecular weight excluding hydrogens is 308 g/mol. The number of ketones is 1. The number of rotatable bonds is 4. The summed E-state index contributed by atoms with van der Waals surface area (Å²) >= 11 is 0. The van der Waals surface area contributed by atoms with Crippen LogP contribution in [0.2, 0.25) is 0 Å². The molecule has 11 heteroatoms. The third kappa shape index (κ3) is 2.46. The second-order valence-electron chi connectivity index (χ2n) is 4.34. The third-order valence-electron chi connectivity index (χ3n) is 2.90. The molecule has 0 aliphatic heterocycles. The molecule has 3 rings (SSSR count). The summed E-state index contributed by atoms with van der Waals surface area (Å²) in [6.07, 6.45) is 0. The summed E-state index contributed by atoms with van der Waals surface area (Å²) in [4.78, 5) is 45.4. The number of nitrogens with one attached hydrogen (secondary N) is 1. The van der Waals surface area contributed by atoms with Gasteiger partial charge in [0.1, 0.15) is 0 Å². The molecule has 0 saturated heterocycles. The Labute approximate surface area is 126 Å². The van der Waals surface area contributed by atoms with Crippen molar-refractivity contribution in [3.63, 3.8) is 0 Å². The second-order valence-corrected chi connectivity index (χ2v) is 4.34. The Morgan fingerprint density at radius 1 is 1.00 bits per heavy atom. The topological polar surface area (TPSA) is 158 Å². The number of imidazole rings is 1. The summed E-state index contributed by atoms with van der Waals surface area (Å²) < 4.78 is 0. The van der Waals surface area contributed by atoms with Crippen LogP contribution in [0.3, 0.4) is 0 Å². The lowest BCUT2D eigenvalue weighted by Crippen LogP contribution is -2.09. The van der Waals surface area contributed by atoms with Crippen molar-refractivity contribution in [1.82, 2.24) is 19.9 Å². The number of aromatic nitrogens is 4. The van der Waals surface area contributed by atoms with Gasteiger partial charge in [0, 0.05) is 5.56 Å². The number of carbonyl (C=O) groups excluding carboxylic acids is 1. The number of hydrogen-bond acceptors (Lipinski definition) is 8. The second kappa shape index (κ2) is 5.22. The van der Waals surface area contributed by atoms with E-state index in [9.17, 15) is 25.0 Å². The minimum atomic E-state index is -0.867. The number of carbonyl (C=O) groups is 1. The Hall–Kier alpha value is -3.76. The van der Waals surface area contributed by atoms with Crippen molar-refractivity contribution in [2.24, 2.45) is 0 Å². The van der Waals surface area contributed by atoms with Crippen molar-refractivity contribution in [3.8, 4) is 0 Å². The Kier molecular flexibility index (Phi) is 3.22. The molecule has 0 aliphatic carbocycles. The largest absolute Gasteiger partial charge is 0.435 e. The number of H-pyrrole nitrogens is 1. The van der Waals surface area contributed by atoms with Crippen LogP contribution in [0.25, 0.3) is 11.2 Å². The molecule has 1 N–H and O–H groups in total. The number of benzene rings is 1. The van der Waals surface area contributed by atoms with Crippen LogP contribution in [0, 0.1) is 20.2 Å². The van der Waals surface area contributed by atoms with Gasteiger partial charge in [-0.25, -0.2) is 4.98 Å². The highest BCUT2D eigenvalue weighted by Gasteiger charge is 2.30. The zero-order valence-corrected chi connectivity index (χ0v) is 11.2. The molecule has 0 atom stereocenters. The summed E-state index contributed by atoms with van der Waals surface area (Å²) in [5.41, 5.74) is -0.407. The molecule has 0 amide bonds. The van der Waals surface area contributed by atoms with Gasteiger partial charge in [0.2, 0.25) is 0 Å². The number of nitro groups is 2. The fourth-order valence-corrected chi connectivity index (χ4v) is 1.91. The van der Waals surface area contributed by atoms with Crippen LogP contribution in [0.5, 0.6) is 0 Å². The molecule has 2 aromatic heterocycles. The van der Waals surface area contributed by atoms with Crippen molar-refractivity contribution in [1.29, 1.82) is 0 Å². The summed E-state index contributed by atoms with van der Waals surface area (Å²) in [6, 6.07) is 7.91. The maximum absolute atomic E-state index is 12.3. The maximum Gasteiger partial charge on any atom is 0.435 e. The van der Waals surface area contributed by atoms with Crippen molar-refractivity contribution < 1.29 is 14.6 Å². The van der Waals surface area contributed by atoms with Crippen molar-refractivity contribution in [2.75, 3.05) is 0 Å². The zero-order valence-electron chi connectivity index (χ0n) is 11.2. The van der Waals surface area contributed by atoms with Gasteiger partial charge in [0.15, 0.2) is 0 Å². The van der Waals surface area contributed by atoms with Crippen LogP contribution in [0.1, 0.15) is 16.2 Å². The molecule has 0 aliphatic rings. The van der Waals surface area contributed by atoms with Crippen molar-refractivity contribution >= 4 is 28.7 Å². The Morgan fingerprint density at radius 3 is 2.30 bits per heavy atom. The highest BCUT2D eigenvalue weighted by molar-refractivity contribution is 6.07. The lowest BCUT2D eigenvalue weighted by molar-refractivity contribution is -0.394. The maximum atomic E-state index is 12.3. The average molecular weight is 314 g/mol. The smallest absolute Gasteiger partial charge is 0.390 e. The molecule has 2 heterocycles. The van der Waals surface area contributed by atoms with Crippen molar-refractivity contribution in [2.45, 2.75) is 0 Å². The van der Waals surface area contributed by atoms with Crippen LogP contribution in [-0.2, 0) is 0 Å². The van der Waals surface area contributed by atoms with Crippen LogP contribution in [-0.4, -0.2) is 35.6 Å². The van der Waals surface area contributed by atoms with Crippen LogP contribution in [0.15, 0.2) is 30.3 Å². The molecule has 0 unspecified atom stereocenters. The summed E-state index contributed by atoms with van der Waals surface area (Å²) in [5, 5.41) is 21.8. The number of hydrogen-bond donors (Lipinski definition) is 1. The molecule has 0 radical (unpaired) electrons. The summed E-state index contributed by atoms with van der Waals surface area (Å²) in [5.74, 6) is -2.59. The average Bonchev–Trinajstić information content (AvgIpc) is 2.98. The molecule has 23 heavy (non-hydrogen) atoms. The van der Waals surface area contributed by atoms with E-state index in [2.05, 4.69) is 19.9 Å². The van der Waals surface area contributed by atoms with E-state index in [-0.39, 0.29) is 16.7 Å². The third-order valence-corrected chi connectivity index (χ3v) is 2.90. The Morgan fingerprint density at radius 2 is 1.70 bits per heavy atom. The SMILES string of the molecule is O=C(c1ccccc1)c1nc([N+](=O)[O-])c2[nH]c([N+](=O)[O-])nc2n1. The Bertz CT molecular complexity index is 951. The number of nitrogens with zero attached hydrogens (tertiary/aromatic N) is 5. The van der Waals surface area contributed by atoms with Gasteiger partial charge in [0.05, 0.1) is 0 Å². The molecule has 0 spiro atoms. The highest BCUT2D eigenvalue weighted by Crippen LogP contribution is 2.23. The van der Waals surface area contributed by atoms with Gasteiger partial charge in [-0.3, -0.25) is 4.79 Å². The van der Waals surface area contributed by atoms with E-state index in [1.54, 1.807) is 18.2 Å². The van der Waals surface area contributed by atoms with E-state index in [0.717, 1.165) is 0 Å². The molecule has 3 aromatic rings. The minimum absolute atomic E-state index is 0.228. The minimum Gasteiger partial charge on any atom is -0.390 e. The first kappa shape index (κ1) is 14.2. The summed E-state index contributed by atoms with van der Waals surface area (Å²) in [6.45, 7) is 0. The monoisotopic (exact) mass is 314 g/mol. The fourth-order valence-electron chi connectivity index (χ4n) is 1.91. The molecule has 11 nitrogen and oxygen atoms in total. The van der Waals surface area contributed by atoms with Gasteiger partial charge >= 0.3 is 17.6 Å². The number of aromatic amines is 1. The van der Waals surface area contributed by atoms with E-state index in [0.29, 0.717) is 0 Å². The van der Waals surface area contributed by atoms with E-state index < -0.39 is 33.2 Å². The molecule has 0 saturated carbocycles. The molecule has 114 valence electrons. The first-order valence-electron chi connectivity index (χ1n) is 6.13. The predicted molar refractivity (Wildman–Crippen MR) is 74.9 cm³/mol. The van der Waals surface area contributed by atoms with Gasteiger partial charge in [0.25, 0.3) is 16.9 Å². The molecule has 1 aromatic carbocycles. The van der Waals surface area contributed by atoms with Crippen LogP contribution >= 0.6 is 0 Å². The van der Waals surface area contributed by atoms with E-state index in [1.807, 2.05) is 0 Å². The zero-order chi connectivity index (χ0) is 16.6. The van der Waals surface area contributed by atoms with Crippen molar-refractivity contribution in [3.05, 3.63) is 61.9 Å². The van der Waals surface area contributed by atoms with Gasteiger partial charge < -0.3 is 20.2 Å². The number of fused-ring (bicyclic) bond motifs is 1. The standard InChI is InChI=1S/C12H6N6O5/c19-8(6-4-2-1-3-5-6)10-14-9-7(11(15-10)17(20)21)13-12(16-9)18(22)23/h1-5H,(H,13,14,15,16). The summed E-state index contributed by atoms with van der Waals surface area (Å²) in [7, 11) is 0. The predicted octanol–water partition coefficient (Wildman–Crippen LogP) is 1.40. The van der Waals surface area contributed by atoms with E-state index in [4.69, 9.17) is 0 Å². The lowest BCUT2D eigenvalue weighted by atomic mass is 10.1. The van der Waals surface area contributed by atoms with Crippen LogP contribution in [0.4, 0.5) is 11.8 Å². The van der Waals surface area contributed by atoms with Gasteiger partial charge in [-0.2, -0.15) is 4.98 Å². The highest BCUT2D eigenvalue weighted by atomic mass is 16.6. The fraction of sp³-hybridized carbons (Fsp3) is 0. The first-order valence-corrected chi connectivity index (χ1v) is 6.13. The Balaban J connectivity index is 2.21. The van der Waals surface area contributed by atoms with Crippen LogP contribution < -0.4 is 0 Å². The lowest BCUT2D eigenvalue weighted by Gasteiger charge is -1.96. The van der Waals surface area contributed by atoms with Gasteiger partial charge in [-0.1, -0.05) is 30.3 Å². The molecular formula is C12H6N6O5. The van der Waals surface area contributed by atoms with E-state index >= 15 is 0 Å². The normalized spacial score (nSPS) is 10.6. The quantitative estimate of drug-likeness (QED) is 0.429. The van der Waals surface area contributed by atoms with E-state index in [1.165, 1.54) is 12.1 Å². The molecule has 0 bridgehead atoms. The first-order chi connectivity index (χ1) is 11.0.